The first-order valence-electron chi connectivity index (χ1n) is 9.16. The minimum Gasteiger partial charge on any atom is -0.507 e. The Kier molecular flexibility index (Phi) is 5.71. The average Bonchev–Trinajstić information content (AvgIpc) is 3.36. The number of aliphatic hydroxyl groups excluding tert-OH is 1. The summed E-state index contributed by atoms with van der Waals surface area (Å²) >= 11 is 12.3. The molecule has 1 atom stereocenters. The second kappa shape index (κ2) is 8.45. The van der Waals surface area contributed by atoms with Gasteiger partial charge in [0, 0.05) is 17.4 Å². The zero-order valence-corrected chi connectivity index (χ0v) is 17.7. The highest BCUT2D eigenvalue weighted by molar-refractivity contribution is 6.46. The Morgan fingerprint density at radius 1 is 1.23 bits per heavy atom. The maximum absolute atomic E-state index is 13.1. The van der Waals surface area contributed by atoms with Gasteiger partial charge in [-0.15, -0.1) is 0 Å². The van der Waals surface area contributed by atoms with Crippen molar-refractivity contribution in [3.05, 3.63) is 87.6 Å². The van der Waals surface area contributed by atoms with Gasteiger partial charge in [-0.2, -0.15) is 0 Å². The number of ketones is 1. The molecule has 2 aromatic heterocycles. The van der Waals surface area contributed by atoms with Gasteiger partial charge >= 0.3 is 0 Å². The molecule has 3 aromatic rings. The van der Waals surface area contributed by atoms with Gasteiger partial charge in [0.05, 0.1) is 42.1 Å². The first kappa shape index (κ1) is 21.0. The molecule has 0 radical (unpaired) electrons. The third kappa shape index (κ3) is 3.78. The van der Waals surface area contributed by atoms with E-state index in [0.717, 1.165) is 0 Å². The predicted octanol–water partition coefficient (Wildman–Crippen LogP) is 4.61. The Morgan fingerprint density at radius 3 is 2.61 bits per heavy atom. The lowest BCUT2D eigenvalue weighted by molar-refractivity contribution is -0.140. The standard InChI is InChI=1S/C22H16Cl2N2O5/c1-30-21-15(9-13(23)10-16(21)24)19(27)17-18(12-4-6-25-7-5-12)26(22(29)20(17)28)11-14-3-2-8-31-14/h2-10,18,27H,11H2,1H3/b19-17+. The number of aliphatic hydroxyl groups is 1. The Bertz CT molecular complexity index is 1180. The Balaban J connectivity index is 1.93. The predicted molar refractivity (Wildman–Crippen MR) is 114 cm³/mol. The van der Waals surface area contributed by atoms with E-state index in [4.69, 9.17) is 32.4 Å². The topological polar surface area (TPSA) is 92.9 Å². The van der Waals surface area contributed by atoms with Crippen molar-refractivity contribution in [2.24, 2.45) is 0 Å². The molecule has 0 aliphatic carbocycles. The molecule has 1 unspecified atom stereocenters. The summed E-state index contributed by atoms with van der Waals surface area (Å²) in [5.41, 5.74) is 0.587. The monoisotopic (exact) mass is 458 g/mol. The van der Waals surface area contributed by atoms with Gasteiger partial charge in [-0.05, 0) is 42.0 Å². The van der Waals surface area contributed by atoms with Crippen molar-refractivity contribution < 1.29 is 23.8 Å². The number of furan rings is 1. The SMILES string of the molecule is COc1c(Cl)cc(Cl)cc1/C(O)=C1\C(=O)C(=O)N(Cc2ccco2)C1c1ccncc1. The summed E-state index contributed by atoms with van der Waals surface area (Å²) in [5, 5.41) is 11.6. The van der Waals surface area contributed by atoms with Gasteiger partial charge in [-0.3, -0.25) is 14.6 Å². The zero-order chi connectivity index (χ0) is 22.1. The second-order valence-electron chi connectivity index (χ2n) is 6.76. The number of likely N-dealkylation sites (tertiary alicyclic amines) is 1. The van der Waals surface area contributed by atoms with E-state index in [2.05, 4.69) is 4.98 Å². The van der Waals surface area contributed by atoms with Crippen LogP contribution < -0.4 is 4.74 Å². The molecule has 3 heterocycles. The molecule has 158 valence electrons. The molecule has 31 heavy (non-hydrogen) atoms. The highest BCUT2D eigenvalue weighted by Gasteiger charge is 2.46. The van der Waals surface area contributed by atoms with Crippen LogP contribution in [0.15, 0.2) is 65.0 Å². The molecule has 4 rings (SSSR count). The van der Waals surface area contributed by atoms with Crippen LogP contribution in [0.2, 0.25) is 10.0 Å². The number of pyridine rings is 1. The molecule has 1 N–H and O–H groups in total. The second-order valence-corrected chi connectivity index (χ2v) is 7.60. The number of amides is 1. The lowest BCUT2D eigenvalue weighted by atomic mass is 9.95. The molecule has 1 saturated heterocycles. The summed E-state index contributed by atoms with van der Waals surface area (Å²) < 4.78 is 10.7. The van der Waals surface area contributed by atoms with Gasteiger partial charge in [0.1, 0.15) is 17.3 Å². The third-order valence-corrected chi connectivity index (χ3v) is 5.43. The van der Waals surface area contributed by atoms with Crippen molar-refractivity contribution in [2.45, 2.75) is 12.6 Å². The number of benzene rings is 1. The molecule has 0 saturated carbocycles. The van der Waals surface area contributed by atoms with Crippen molar-refractivity contribution in [3.63, 3.8) is 0 Å². The van der Waals surface area contributed by atoms with Crippen molar-refractivity contribution in [2.75, 3.05) is 7.11 Å². The number of halogens is 2. The van der Waals surface area contributed by atoms with E-state index in [9.17, 15) is 14.7 Å². The summed E-state index contributed by atoms with van der Waals surface area (Å²) in [6.07, 6.45) is 4.56. The number of nitrogens with zero attached hydrogens (tertiary/aromatic N) is 2. The van der Waals surface area contributed by atoms with E-state index in [0.29, 0.717) is 11.3 Å². The summed E-state index contributed by atoms with van der Waals surface area (Å²) in [7, 11) is 1.38. The van der Waals surface area contributed by atoms with E-state index >= 15 is 0 Å². The van der Waals surface area contributed by atoms with Crippen molar-refractivity contribution in [3.8, 4) is 5.75 Å². The third-order valence-electron chi connectivity index (χ3n) is 4.94. The van der Waals surface area contributed by atoms with Crippen molar-refractivity contribution >= 4 is 40.7 Å². The van der Waals surface area contributed by atoms with E-state index in [1.165, 1.54) is 30.4 Å². The summed E-state index contributed by atoms with van der Waals surface area (Å²) in [5.74, 6) is -1.43. The highest BCUT2D eigenvalue weighted by atomic mass is 35.5. The minimum atomic E-state index is -0.879. The lowest BCUT2D eigenvalue weighted by Gasteiger charge is -2.24. The molecule has 7 nitrogen and oxygen atoms in total. The molecule has 1 amide bonds. The van der Waals surface area contributed by atoms with Crippen LogP contribution in [0.5, 0.6) is 5.75 Å². The minimum absolute atomic E-state index is 0.0365. The lowest BCUT2D eigenvalue weighted by Crippen LogP contribution is -2.29. The molecular formula is C22H16Cl2N2O5. The zero-order valence-electron chi connectivity index (χ0n) is 16.2. The quantitative estimate of drug-likeness (QED) is 0.340. The number of aromatic nitrogens is 1. The molecule has 1 aliphatic heterocycles. The van der Waals surface area contributed by atoms with Crippen LogP contribution in [0.1, 0.15) is 22.9 Å². The van der Waals surface area contributed by atoms with Gasteiger partial charge in [0.15, 0.2) is 0 Å². The fourth-order valence-electron chi connectivity index (χ4n) is 3.59. The fourth-order valence-corrected chi connectivity index (χ4v) is 4.17. The van der Waals surface area contributed by atoms with E-state index in [1.807, 2.05) is 0 Å². The van der Waals surface area contributed by atoms with Crippen LogP contribution >= 0.6 is 23.2 Å². The van der Waals surface area contributed by atoms with Gasteiger partial charge in [0.2, 0.25) is 0 Å². The smallest absolute Gasteiger partial charge is 0.296 e. The Hall–Kier alpha value is -3.29. The summed E-state index contributed by atoms with van der Waals surface area (Å²) in [6, 6.07) is 8.72. The first-order valence-corrected chi connectivity index (χ1v) is 9.92. The van der Waals surface area contributed by atoms with E-state index in [1.54, 1.807) is 36.7 Å². The molecule has 1 aromatic carbocycles. The molecule has 0 bridgehead atoms. The number of rotatable bonds is 5. The van der Waals surface area contributed by atoms with Crippen molar-refractivity contribution in [1.29, 1.82) is 0 Å². The number of Topliss-reactive ketones (excluding diaryl/α,β-unsaturated/α-hetero) is 1. The summed E-state index contributed by atoms with van der Waals surface area (Å²) in [6.45, 7) is 0.0365. The fraction of sp³-hybridized carbons (Fsp3) is 0.136. The number of hydrogen-bond acceptors (Lipinski definition) is 6. The number of carbonyl (C=O) groups excluding carboxylic acids is 2. The van der Waals surface area contributed by atoms with Crippen LogP contribution in [0, 0.1) is 0 Å². The van der Waals surface area contributed by atoms with E-state index in [-0.39, 0.29) is 33.5 Å². The molecule has 9 heteroatoms. The number of hydrogen-bond donors (Lipinski definition) is 1. The van der Waals surface area contributed by atoms with Crippen LogP contribution in [-0.4, -0.2) is 33.8 Å². The molecule has 1 fully saturated rings. The van der Waals surface area contributed by atoms with Crippen LogP contribution in [-0.2, 0) is 16.1 Å². The van der Waals surface area contributed by atoms with E-state index < -0.39 is 23.5 Å². The Labute approximate surface area is 187 Å². The first-order chi connectivity index (χ1) is 14.9. The Morgan fingerprint density at radius 2 is 1.97 bits per heavy atom. The molecule has 0 spiro atoms. The maximum atomic E-state index is 13.1. The maximum Gasteiger partial charge on any atom is 0.296 e. The van der Waals surface area contributed by atoms with Crippen LogP contribution in [0.3, 0.4) is 0 Å². The number of carbonyl (C=O) groups is 2. The van der Waals surface area contributed by atoms with Crippen LogP contribution in [0.4, 0.5) is 0 Å². The van der Waals surface area contributed by atoms with Gasteiger partial charge in [-0.25, -0.2) is 0 Å². The average molecular weight is 459 g/mol. The molecule has 1 aliphatic rings. The highest BCUT2D eigenvalue weighted by Crippen LogP contribution is 2.43. The van der Waals surface area contributed by atoms with Crippen LogP contribution in [0.25, 0.3) is 5.76 Å². The van der Waals surface area contributed by atoms with Gasteiger partial charge in [-0.1, -0.05) is 23.2 Å². The normalized spacial score (nSPS) is 17.9. The molecular weight excluding hydrogens is 443 g/mol. The largest absolute Gasteiger partial charge is 0.507 e. The number of methoxy groups -OCH3 is 1. The van der Waals surface area contributed by atoms with Crippen molar-refractivity contribution in [1.82, 2.24) is 9.88 Å². The summed E-state index contributed by atoms with van der Waals surface area (Å²) in [4.78, 5) is 31.3. The number of ether oxygens (including phenoxy) is 1. The van der Waals surface area contributed by atoms with Gasteiger partial charge in [0.25, 0.3) is 11.7 Å². The van der Waals surface area contributed by atoms with Gasteiger partial charge < -0.3 is 19.2 Å².